The van der Waals surface area contributed by atoms with Crippen molar-refractivity contribution in [2.75, 3.05) is 39.6 Å². The first kappa shape index (κ1) is 93.1. The number of esters is 4. The number of aliphatic hydroxyl groups excluding tert-OH is 1. The Labute approximate surface area is 581 Å². The summed E-state index contributed by atoms with van der Waals surface area (Å²) in [6.45, 7) is 14.2. The lowest BCUT2D eigenvalue weighted by atomic mass is 9.99. The number of hydrogen-bond acceptors (Lipinski definition) is 15. The number of unbranched alkanes of at least 4 members (excludes halogenated alkanes) is 37. The van der Waals surface area contributed by atoms with E-state index in [1.54, 1.807) is 0 Å². The van der Waals surface area contributed by atoms with Gasteiger partial charge < -0.3 is 33.8 Å². The number of rotatable bonds is 73. The Morgan fingerprint density at radius 3 is 0.747 bits per heavy atom. The fourth-order valence-corrected chi connectivity index (χ4v) is 13.1. The van der Waals surface area contributed by atoms with Crippen molar-refractivity contribution in [1.29, 1.82) is 0 Å². The molecule has 5 unspecified atom stereocenters. The summed E-state index contributed by atoms with van der Waals surface area (Å²) in [6, 6.07) is 0. The summed E-state index contributed by atoms with van der Waals surface area (Å²) >= 11 is 0. The molecule has 0 bridgehead atoms. The van der Waals surface area contributed by atoms with E-state index < -0.39 is 97.5 Å². The second-order valence-electron chi connectivity index (χ2n) is 28.8. The molecule has 0 radical (unpaired) electrons. The van der Waals surface area contributed by atoms with E-state index in [4.69, 9.17) is 37.0 Å². The molecule has 3 N–H and O–H groups in total. The van der Waals surface area contributed by atoms with Crippen LogP contribution in [-0.4, -0.2) is 96.7 Å². The summed E-state index contributed by atoms with van der Waals surface area (Å²) < 4.78 is 68.4. The first-order valence-corrected chi connectivity index (χ1v) is 42.3. The smallest absolute Gasteiger partial charge is 0.462 e. The highest BCUT2D eigenvalue weighted by Gasteiger charge is 2.30. The third-order valence-electron chi connectivity index (χ3n) is 18.3. The summed E-state index contributed by atoms with van der Waals surface area (Å²) in [4.78, 5) is 72.7. The minimum Gasteiger partial charge on any atom is -0.462 e. The van der Waals surface area contributed by atoms with Crippen LogP contribution in [0, 0.1) is 23.7 Å². The lowest BCUT2D eigenvalue weighted by Crippen LogP contribution is -2.30. The minimum absolute atomic E-state index is 0.102. The predicted octanol–water partition coefficient (Wildman–Crippen LogP) is 22.0. The molecule has 0 aliphatic rings. The van der Waals surface area contributed by atoms with Crippen LogP contribution in [0.25, 0.3) is 0 Å². The Bertz CT molecular complexity index is 1870. The molecule has 7 atom stereocenters. The first-order chi connectivity index (χ1) is 45.7. The van der Waals surface area contributed by atoms with E-state index in [0.29, 0.717) is 31.6 Å². The van der Waals surface area contributed by atoms with Crippen molar-refractivity contribution < 1.29 is 80.2 Å². The molecule has 17 nitrogen and oxygen atoms in total. The van der Waals surface area contributed by atoms with E-state index >= 15 is 0 Å². The number of carbonyl (C=O) groups is 4. The highest BCUT2D eigenvalue weighted by Crippen LogP contribution is 2.45. The topological polar surface area (TPSA) is 237 Å². The number of phosphoric ester groups is 2. The number of phosphoric acid groups is 2. The van der Waals surface area contributed by atoms with Crippen molar-refractivity contribution in [1.82, 2.24) is 0 Å². The third-order valence-corrected chi connectivity index (χ3v) is 20.2. The molecule has 95 heavy (non-hydrogen) atoms. The van der Waals surface area contributed by atoms with Crippen LogP contribution in [0.3, 0.4) is 0 Å². The molecule has 0 rings (SSSR count). The quantitative estimate of drug-likeness (QED) is 0.0222. The van der Waals surface area contributed by atoms with Crippen LogP contribution in [0.4, 0.5) is 0 Å². The van der Waals surface area contributed by atoms with Gasteiger partial charge in [0.2, 0.25) is 0 Å². The summed E-state index contributed by atoms with van der Waals surface area (Å²) in [5.74, 6) is 0.939. The van der Waals surface area contributed by atoms with Gasteiger partial charge in [0.25, 0.3) is 0 Å². The van der Waals surface area contributed by atoms with Gasteiger partial charge in [-0.05, 0) is 49.4 Å². The Hall–Kier alpha value is -1.94. The molecule has 0 heterocycles. The van der Waals surface area contributed by atoms with E-state index in [0.717, 1.165) is 108 Å². The minimum atomic E-state index is -4.96. The standard InChI is InChI=1S/C76H148O17P2/c1-9-68(7)54-46-38-30-21-19-17-15-13-11-12-14-16-18-20-22-32-40-48-56-73(78)86-62-71(92-75(80)58-50-42-34-26-24-31-39-47-55-69(8)10-2)64-90-94(82,83)88-60-70(77)61-89-95(84,85)91-65-72(93-76(81)59-51-43-35-27-29-37-45-53-67(5)6)63-87-74(79)57-49-41-33-25-23-28-36-44-52-66(3)4/h66-72,77H,9-65H2,1-8H3,(H,82,83)(H,84,85)/t68?,69?,70?,71-,72-/m1/s1. The molecule has 0 aromatic carbocycles. The number of aliphatic hydroxyl groups is 1. The second kappa shape index (κ2) is 65.4. The van der Waals surface area contributed by atoms with E-state index in [1.165, 1.54) is 186 Å². The van der Waals surface area contributed by atoms with E-state index in [9.17, 15) is 43.2 Å². The lowest BCUT2D eigenvalue weighted by Gasteiger charge is -2.21. The van der Waals surface area contributed by atoms with E-state index in [1.807, 2.05) is 0 Å². The van der Waals surface area contributed by atoms with Crippen LogP contribution >= 0.6 is 15.6 Å². The summed E-state index contributed by atoms with van der Waals surface area (Å²) in [7, 11) is -9.91. The van der Waals surface area contributed by atoms with E-state index in [2.05, 4.69) is 55.4 Å². The molecule has 0 aliphatic carbocycles. The van der Waals surface area contributed by atoms with Gasteiger partial charge >= 0.3 is 39.5 Å². The average Bonchev–Trinajstić information content (AvgIpc) is 1.84. The molecule has 0 saturated heterocycles. The first-order valence-electron chi connectivity index (χ1n) is 39.3. The highest BCUT2D eigenvalue weighted by molar-refractivity contribution is 7.47. The van der Waals surface area contributed by atoms with Crippen LogP contribution in [0.2, 0.25) is 0 Å². The summed E-state index contributed by atoms with van der Waals surface area (Å²) in [6.07, 6.45) is 50.2. The molecule has 0 spiro atoms. The molecule has 0 aliphatic heterocycles. The van der Waals surface area contributed by atoms with Gasteiger partial charge in [-0.25, -0.2) is 9.13 Å². The predicted molar refractivity (Wildman–Crippen MR) is 386 cm³/mol. The van der Waals surface area contributed by atoms with Crippen molar-refractivity contribution in [2.45, 2.75) is 401 Å². The summed E-state index contributed by atoms with van der Waals surface area (Å²) in [5, 5.41) is 10.6. The number of carbonyl (C=O) groups excluding carboxylic acids is 4. The Balaban J connectivity index is 5.15. The van der Waals surface area contributed by atoms with Gasteiger partial charge in [0.05, 0.1) is 26.4 Å². The number of hydrogen-bond donors (Lipinski definition) is 3. The molecule has 0 amide bonds. The molecule has 0 aromatic rings. The van der Waals surface area contributed by atoms with Gasteiger partial charge in [0.15, 0.2) is 12.2 Å². The summed E-state index contributed by atoms with van der Waals surface area (Å²) in [5.41, 5.74) is 0. The third kappa shape index (κ3) is 67.6. The fourth-order valence-electron chi connectivity index (χ4n) is 11.5. The largest absolute Gasteiger partial charge is 0.472 e. The molecule has 0 saturated carbocycles. The maximum Gasteiger partial charge on any atom is 0.472 e. The SMILES string of the molecule is CCC(C)CCCCCCCCCCCCCCCCCCCCC(=O)OC[C@H](COP(=O)(O)OCC(O)COP(=O)(O)OC[C@@H](COC(=O)CCCCCCCCCCC(C)C)OC(=O)CCCCCCCCCC(C)C)OC(=O)CCCCCCCCCCC(C)CC. The zero-order valence-corrected chi connectivity index (χ0v) is 64.1. The van der Waals surface area contributed by atoms with Crippen molar-refractivity contribution in [2.24, 2.45) is 23.7 Å². The van der Waals surface area contributed by atoms with Crippen LogP contribution in [0.1, 0.15) is 383 Å². The van der Waals surface area contributed by atoms with Gasteiger partial charge in [0.1, 0.15) is 19.3 Å². The molecule has 0 fully saturated rings. The Morgan fingerprint density at radius 2 is 0.505 bits per heavy atom. The lowest BCUT2D eigenvalue weighted by molar-refractivity contribution is -0.161. The Kier molecular flexibility index (Phi) is 64.0. The second-order valence-corrected chi connectivity index (χ2v) is 31.7. The monoisotopic (exact) mass is 1400 g/mol. The normalized spacial score (nSPS) is 14.7. The van der Waals surface area contributed by atoms with Crippen molar-refractivity contribution in [3.63, 3.8) is 0 Å². The van der Waals surface area contributed by atoms with Crippen molar-refractivity contribution >= 4 is 39.5 Å². The van der Waals surface area contributed by atoms with Crippen molar-refractivity contribution in [3.8, 4) is 0 Å². The van der Waals surface area contributed by atoms with Gasteiger partial charge in [-0.1, -0.05) is 331 Å². The van der Waals surface area contributed by atoms with Gasteiger partial charge in [-0.15, -0.1) is 0 Å². The van der Waals surface area contributed by atoms with E-state index in [-0.39, 0.29) is 25.7 Å². The highest BCUT2D eigenvalue weighted by atomic mass is 31.2. The number of ether oxygens (including phenoxy) is 4. The van der Waals surface area contributed by atoms with Gasteiger partial charge in [-0.3, -0.25) is 37.3 Å². The van der Waals surface area contributed by atoms with Gasteiger partial charge in [0, 0.05) is 25.7 Å². The maximum absolute atomic E-state index is 13.1. The van der Waals surface area contributed by atoms with Crippen LogP contribution in [-0.2, 0) is 65.4 Å². The zero-order chi connectivity index (χ0) is 70.3. The molecular weight excluding hydrogens is 1250 g/mol. The van der Waals surface area contributed by atoms with Crippen LogP contribution < -0.4 is 0 Å². The molecule has 19 heteroatoms. The van der Waals surface area contributed by atoms with Crippen LogP contribution in [0.15, 0.2) is 0 Å². The molecule has 564 valence electrons. The maximum atomic E-state index is 13.1. The fraction of sp³-hybridized carbons (Fsp3) is 0.947. The van der Waals surface area contributed by atoms with Crippen LogP contribution in [0.5, 0.6) is 0 Å². The van der Waals surface area contributed by atoms with Crippen molar-refractivity contribution in [3.05, 3.63) is 0 Å². The molecule has 0 aromatic heterocycles. The average molecular weight is 1400 g/mol. The molecular formula is C76H148O17P2. The Morgan fingerprint density at radius 1 is 0.295 bits per heavy atom. The zero-order valence-electron chi connectivity index (χ0n) is 62.3. The van der Waals surface area contributed by atoms with Gasteiger partial charge in [-0.2, -0.15) is 0 Å².